The molecule has 364 valence electrons. The summed E-state index contributed by atoms with van der Waals surface area (Å²) < 4.78 is 0.954. The quantitative estimate of drug-likeness (QED) is 0.212. The SMILES string of the molecule is CC(C)(C)C1=C(C(C)(C)C)[Si]23C(C(C)(C)C)=C(C(C)(C)C)[C@]2(C(C)(C)C)[Si](=[Si]2[C@@]4(C(C)(C)C)C(C(C)(C)C)=C(C(C)(C)C)[Si]45C(C(C)(C)C)=C(C(C)(C)C)[C@]25C(C)(C)C)[C@@]13C(C)(C)C. The Bertz CT molecular complexity index is 1940. The fourth-order valence-corrected chi connectivity index (χ4v) is 82.2. The Labute approximate surface area is 405 Å². The number of rotatable bonds is 0. The predicted molar refractivity (Wildman–Crippen MR) is 295 cm³/mol. The van der Waals surface area contributed by atoms with E-state index in [1.165, 1.54) is 0 Å². The van der Waals surface area contributed by atoms with Gasteiger partial charge in [0, 0.05) is 34.4 Å². The summed E-state index contributed by atoms with van der Waals surface area (Å²) >= 11 is 0. The van der Waals surface area contributed by atoms with Crippen LogP contribution in [-0.4, -0.2) is 31.9 Å². The fraction of sp³-hybridized carbons (Fsp3) is 0.867. The summed E-state index contributed by atoms with van der Waals surface area (Å²) in [7, 11) is -7.66. The van der Waals surface area contributed by atoms with E-state index in [1.807, 2.05) is 43.1 Å². The zero-order valence-corrected chi connectivity index (χ0v) is 54.0. The van der Waals surface area contributed by atoms with E-state index in [0.29, 0.717) is 0 Å². The lowest BCUT2D eigenvalue weighted by Gasteiger charge is -2.99. The van der Waals surface area contributed by atoms with E-state index >= 15 is 0 Å². The van der Waals surface area contributed by atoms with Crippen molar-refractivity contribution in [3.63, 3.8) is 0 Å². The van der Waals surface area contributed by atoms with Gasteiger partial charge in [-0.3, -0.25) is 0 Å². The lowest BCUT2D eigenvalue weighted by molar-refractivity contribution is 0.184. The molecule has 0 N–H and O–H groups in total. The first kappa shape index (κ1) is 53.2. The van der Waals surface area contributed by atoms with Crippen molar-refractivity contribution in [3.05, 3.63) is 43.1 Å². The Morgan fingerprint density at radius 3 is 0.422 bits per heavy atom. The van der Waals surface area contributed by atoms with Gasteiger partial charge in [0.25, 0.3) is 0 Å². The van der Waals surface area contributed by atoms with Crippen molar-refractivity contribution in [2.45, 2.75) is 268 Å². The van der Waals surface area contributed by atoms with Crippen LogP contribution in [0.4, 0.5) is 0 Å². The van der Waals surface area contributed by atoms with Crippen LogP contribution in [0.5, 0.6) is 0 Å². The van der Waals surface area contributed by atoms with Crippen molar-refractivity contribution < 1.29 is 0 Å². The van der Waals surface area contributed by atoms with E-state index in [-0.39, 0.29) is 83.6 Å². The Balaban J connectivity index is 2.25. The van der Waals surface area contributed by atoms with Crippen molar-refractivity contribution in [2.75, 3.05) is 0 Å². The molecule has 64 heavy (non-hydrogen) atoms. The highest BCUT2D eigenvalue weighted by Crippen LogP contribution is 3.04. The van der Waals surface area contributed by atoms with Gasteiger partial charge in [0.1, 0.15) is 16.1 Å². The van der Waals surface area contributed by atoms with Crippen molar-refractivity contribution in [1.29, 1.82) is 0 Å². The molecule has 2 saturated heterocycles. The first-order chi connectivity index (χ1) is 27.4. The smallest absolute Gasteiger partial charge is 0.0689 e. The molecule has 4 heteroatoms. The first-order valence-corrected chi connectivity index (χ1v) is 34.2. The van der Waals surface area contributed by atoms with Crippen LogP contribution in [0.25, 0.3) is 0 Å². The number of hydrogen-bond donors (Lipinski definition) is 0. The molecule has 6 rings (SSSR count). The van der Waals surface area contributed by atoms with Crippen LogP contribution >= 0.6 is 0 Å². The fourth-order valence-electron chi connectivity index (χ4n) is 19.5. The van der Waals surface area contributed by atoms with Crippen LogP contribution in [0.3, 0.4) is 0 Å². The van der Waals surface area contributed by atoms with Gasteiger partial charge in [-0.05, 0) is 65.0 Å². The minimum Gasteiger partial charge on any atom is -0.0689 e. The summed E-state index contributed by atoms with van der Waals surface area (Å²) in [4.78, 5) is 0. The molecule has 0 nitrogen and oxygen atoms in total. The van der Waals surface area contributed by atoms with Gasteiger partial charge < -0.3 is 0 Å². The molecule has 0 bridgehead atoms. The lowest BCUT2D eigenvalue weighted by atomic mass is 9.68. The zero-order valence-electron chi connectivity index (χ0n) is 50.0. The second-order valence-electron chi connectivity index (χ2n) is 35.2. The Kier molecular flexibility index (Phi) is 10.5. The molecule has 0 aromatic carbocycles. The summed E-state index contributed by atoms with van der Waals surface area (Å²) in [6.45, 7) is 98.1. The molecule has 0 aromatic rings. The summed E-state index contributed by atoms with van der Waals surface area (Å²) in [6.07, 6.45) is 0. The van der Waals surface area contributed by atoms with Crippen LogP contribution < -0.4 is 0 Å². The minimum absolute atomic E-state index is 0.0802. The molecule has 2 spiro atoms. The van der Waals surface area contributed by atoms with Crippen molar-refractivity contribution in [1.82, 2.24) is 0 Å². The topological polar surface area (TPSA) is 0 Å². The van der Waals surface area contributed by atoms with Gasteiger partial charge in [-0.1, -0.05) is 292 Å². The Morgan fingerprint density at radius 2 is 0.344 bits per heavy atom. The van der Waals surface area contributed by atoms with Gasteiger partial charge >= 0.3 is 0 Å². The third-order valence-corrected chi connectivity index (χ3v) is 58.0. The third kappa shape index (κ3) is 5.10. The highest BCUT2D eigenvalue weighted by Gasteiger charge is 3.04. The van der Waals surface area contributed by atoms with E-state index in [2.05, 4.69) is 249 Å². The number of allylic oxidation sites excluding steroid dienone is 8. The molecule has 0 unspecified atom stereocenters. The average molecular weight is 942 g/mol. The van der Waals surface area contributed by atoms with E-state index in [9.17, 15) is 0 Å². The van der Waals surface area contributed by atoms with Crippen LogP contribution in [-0.2, 0) is 0 Å². The van der Waals surface area contributed by atoms with Crippen LogP contribution in [0.1, 0.15) is 249 Å². The van der Waals surface area contributed by atoms with Crippen molar-refractivity contribution in [2.24, 2.45) is 65.0 Å². The van der Waals surface area contributed by atoms with Gasteiger partial charge in [0.2, 0.25) is 0 Å². The highest BCUT2D eigenvalue weighted by atomic mass is 28.9. The summed E-state index contributed by atoms with van der Waals surface area (Å²) in [5, 5.41) is 8.04. The van der Waals surface area contributed by atoms with Gasteiger partial charge in [-0.25, -0.2) is 0 Å². The molecule has 0 aromatic heterocycles. The second-order valence-corrected chi connectivity index (χ2v) is 52.8. The van der Waals surface area contributed by atoms with Crippen LogP contribution in [0.15, 0.2) is 43.1 Å². The molecule has 6 aliphatic heterocycles. The molecule has 4 atom stereocenters. The Morgan fingerprint density at radius 1 is 0.219 bits per heavy atom. The highest BCUT2D eigenvalue weighted by molar-refractivity contribution is 7.41. The molecule has 2 fully saturated rings. The first-order valence-electron chi connectivity index (χ1n) is 26.2. The molecule has 6 heterocycles. The summed E-state index contributed by atoms with van der Waals surface area (Å²) in [5.41, 5.74) is 9.15. The summed E-state index contributed by atoms with van der Waals surface area (Å²) in [5.74, 6) is 0. The van der Waals surface area contributed by atoms with Gasteiger partial charge in [0.05, 0.1) is 0 Å². The van der Waals surface area contributed by atoms with E-state index < -0.39 is 31.9 Å². The Hall–Kier alpha value is -0.172. The molecule has 0 amide bonds. The predicted octanol–water partition coefficient (Wildman–Crippen LogP) is 19.0. The zero-order chi connectivity index (χ0) is 50.8. The maximum atomic E-state index is 2.82. The van der Waals surface area contributed by atoms with Crippen LogP contribution in [0.2, 0.25) is 18.6 Å². The normalized spacial score (nSPS) is 34.3. The van der Waals surface area contributed by atoms with Crippen molar-refractivity contribution >= 4 is 31.9 Å². The molecule has 0 aliphatic carbocycles. The van der Waals surface area contributed by atoms with Gasteiger partial charge in [-0.2, -0.15) is 0 Å². The molecular weight excluding hydrogens is 833 g/mol. The van der Waals surface area contributed by atoms with Gasteiger partial charge in [0.15, 0.2) is 0 Å². The third-order valence-electron chi connectivity index (χ3n) is 18.5. The summed E-state index contributed by atoms with van der Waals surface area (Å²) in [6, 6.07) is 0. The molecule has 6 aliphatic rings. The lowest BCUT2D eigenvalue weighted by Crippen LogP contribution is -3.02. The molecular formula is C60H108Si4. The molecule has 0 radical (unpaired) electrons. The second kappa shape index (κ2) is 12.6. The standard InChI is InChI=1S/C60H108Si4/c1-45(2,3)37-41(49(13,14)15)63-42(50(16,17)18)38(46(4,5)6)58(63,54(28,29)30)61(57(37,63)53(25,26)27)62-59(55(31,32)33)39(47(7,8)9)43(51(19,20)21)64(59)44(52(22,23)24)40(48(10,11)12)60(62,64)56(34,35)36/h1-36H3/t57-,58-,59-,60-,63?,64?/m0/s1. The maximum absolute atomic E-state index is 2.82. The minimum atomic E-state index is -2.52. The van der Waals surface area contributed by atoms with E-state index in [0.717, 1.165) is 0 Å². The van der Waals surface area contributed by atoms with E-state index in [1.54, 1.807) is 0 Å². The monoisotopic (exact) mass is 941 g/mol. The number of hydrogen-bond acceptors (Lipinski definition) is 0. The van der Waals surface area contributed by atoms with Gasteiger partial charge in [-0.15, -0.1) is 0 Å². The maximum Gasteiger partial charge on any atom is 0.131 e. The van der Waals surface area contributed by atoms with Crippen molar-refractivity contribution in [3.8, 4) is 0 Å². The van der Waals surface area contributed by atoms with Crippen LogP contribution in [0, 0.1) is 65.0 Å². The van der Waals surface area contributed by atoms with E-state index in [4.69, 9.17) is 0 Å². The average Bonchev–Trinajstić information content (AvgIpc) is 2.84. The molecule has 0 saturated carbocycles. The largest absolute Gasteiger partial charge is 0.131 e.